The molecule has 0 aromatic rings. The van der Waals surface area contributed by atoms with Gasteiger partial charge in [-0.15, -0.1) is 6.58 Å². The highest BCUT2D eigenvalue weighted by Gasteiger charge is 2.22. The quantitative estimate of drug-likeness (QED) is 0.596. The van der Waals surface area contributed by atoms with E-state index < -0.39 is 0 Å². The molecule has 66 valence electrons. The fraction of sp³-hybridized carbons (Fsp3) is 0.700. The maximum absolute atomic E-state index is 8.79. The Morgan fingerprint density at radius 1 is 1.75 bits per heavy atom. The molecule has 1 atom stereocenters. The molecule has 0 amide bonds. The van der Waals surface area contributed by atoms with Crippen LogP contribution >= 0.6 is 0 Å². The Morgan fingerprint density at radius 2 is 2.50 bits per heavy atom. The normalized spacial score (nSPS) is 23.8. The highest BCUT2D eigenvalue weighted by Crippen LogP contribution is 2.17. The number of hydrogen-bond acceptors (Lipinski definition) is 2. The number of likely N-dealkylation sites (tertiary alicyclic amines) is 1. The second-order valence-corrected chi connectivity index (χ2v) is 3.53. The zero-order chi connectivity index (χ0) is 8.97. The molecule has 0 saturated carbocycles. The molecule has 0 N–H and O–H groups in total. The Kier molecular flexibility index (Phi) is 3.31. The van der Waals surface area contributed by atoms with Gasteiger partial charge in [-0.2, -0.15) is 5.26 Å². The average Bonchev–Trinajstić information content (AvgIpc) is 2.47. The van der Waals surface area contributed by atoms with E-state index in [4.69, 9.17) is 5.26 Å². The zero-order valence-electron chi connectivity index (χ0n) is 7.71. The van der Waals surface area contributed by atoms with Gasteiger partial charge in [0, 0.05) is 6.54 Å². The summed E-state index contributed by atoms with van der Waals surface area (Å²) < 4.78 is 0. The molecule has 0 bridgehead atoms. The van der Waals surface area contributed by atoms with E-state index in [9.17, 15) is 0 Å². The van der Waals surface area contributed by atoms with E-state index in [0.29, 0.717) is 0 Å². The first kappa shape index (κ1) is 9.28. The largest absolute Gasteiger partial charge is 0.288 e. The van der Waals surface area contributed by atoms with Crippen molar-refractivity contribution < 1.29 is 0 Å². The summed E-state index contributed by atoms with van der Waals surface area (Å²) in [6.45, 7) is 7.99. The Hall–Kier alpha value is -0.810. The van der Waals surface area contributed by atoms with Gasteiger partial charge in [-0.05, 0) is 32.7 Å². The van der Waals surface area contributed by atoms with Crippen LogP contribution in [0.3, 0.4) is 0 Å². The molecule has 0 aliphatic carbocycles. The summed E-state index contributed by atoms with van der Waals surface area (Å²) in [5.41, 5.74) is 1.21. The molecule has 12 heavy (non-hydrogen) atoms. The van der Waals surface area contributed by atoms with E-state index in [2.05, 4.69) is 17.5 Å². The standard InChI is InChI=1S/C10H16N2/c1-9(2)5-7-12-6-3-4-10(12)8-11/h10H,1,3-7H2,2H3. The van der Waals surface area contributed by atoms with Crippen molar-refractivity contribution in [3.8, 4) is 6.07 Å². The molecule has 1 unspecified atom stereocenters. The van der Waals surface area contributed by atoms with Crippen LogP contribution in [0.1, 0.15) is 26.2 Å². The maximum atomic E-state index is 8.79. The molecule has 1 fully saturated rings. The van der Waals surface area contributed by atoms with Crippen molar-refractivity contribution in [2.24, 2.45) is 0 Å². The lowest BCUT2D eigenvalue weighted by atomic mass is 10.2. The third kappa shape index (κ3) is 2.35. The second kappa shape index (κ2) is 4.27. The molecule has 0 radical (unpaired) electrons. The Labute approximate surface area is 74.5 Å². The summed E-state index contributed by atoms with van der Waals surface area (Å²) in [6.07, 6.45) is 3.25. The molecule has 1 heterocycles. The molecule has 0 aromatic heterocycles. The third-order valence-corrected chi connectivity index (χ3v) is 2.34. The maximum Gasteiger partial charge on any atom is 0.0978 e. The van der Waals surface area contributed by atoms with Gasteiger partial charge in [0.25, 0.3) is 0 Å². The lowest BCUT2D eigenvalue weighted by Crippen LogP contribution is -2.29. The molecule has 1 saturated heterocycles. The second-order valence-electron chi connectivity index (χ2n) is 3.53. The summed E-state index contributed by atoms with van der Waals surface area (Å²) >= 11 is 0. The van der Waals surface area contributed by atoms with Crippen LogP contribution < -0.4 is 0 Å². The Bertz CT molecular complexity index is 202. The average molecular weight is 164 g/mol. The van der Waals surface area contributed by atoms with Crippen molar-refractivity contribution >= 4 is 0 Å². The summed E-state index contributed by atoms with van der Waals surface area (Å²) in [4.78, 5) is 2.26. The van der Waals surface area contributed by atoms with Gasteiger partial charge in [0.1, 0.15) is 0 Å². The number of rotatable bonds is 3. The van der Waals surface area contributed by atoms with Gasteiger partial charge in [-0.3, -0.25) is 4.90 Å². The van der Waals surface area contributed by atoms with Crippen molar-refractivity contribution in [1.29, 1.82) is 5.26 Å². The predicted molar refractivity (Wildman–Crippen MR) is 49.6 cm³/mol. The molecular weight excluding hydrogens is 148 g/mol. The molecule has 1 aliphatic rings. The predicted octanol–water partition coefficient (Wildman–Crippen LogP) is 1.94. The van der Waals surface area contributed by atoms with Crippen LogP contribution in [-0.2, 0) is 0 Å². The summed E-state index contributed by atoms with van der Waals surface area (Å²) in [5.74, 6) is 0. The van der Waals surface area contributed by atoms with Crippen LogP contribution in [0.4, 0.5) is 0 Å². The molecular formula is C10H16N2. The van der Waals surface area contributed by atoms with Gasteiger partial charge < -0.3 is 0 Å². The van der Waals surface area contributed by atoms with Crippen LogP contribution in [0, 0.1) is 11.3 Å². The van der Waals surface area contributed by atoms with Crippen molar-refractivity contribution in [2.45, 2.75) is 32.2 Å². The van der Waals surface area contributed by atoms with Crippen LogP contribution in [0.2, 0.25) is 0 Å². The molecule has 2 nitrogen and oxygen atoms in total. The van der Waals surface area contributed by atoms with E-state index in [0.717, 1.165) is 25.9 Å². The smallest absolute Gasteiger partial charge is 0.0978 e. The molecule has 0 aromatic carbocycles. The monoisotopic (exact) mass is 164 g/mol. The Morgan fingerprint density at radius 3 is 3.08 bits per heavy atom. The van der Waals surface area contributed by atoms with Gasteiger partial charge in [-0.1, -0.05) is 5.57 Å². The summed E-state index contributed by atoms with van der Waals surface area (Å²) in [6, 6.07) is 2.50. The summed E-state index contributed by atoms with van der Waals surface area (Å²) in [5, 5.41) is 8.79. The first-order valence-corrected chi connectivity index (χ1v) is 4.52. The van der Waals surface area contributed by atoms with Gasteiger partial charge in [0.2, 0.25) is 0 Å². The van der Waals surface area contributed by atoms with Crippen LogP contribution in [0.15, 0.2) is 12.2 Å². The van der Waals surface area contributed by atoms with Crippen LogP contribution in [0.25, 0.3) is 0 Å². The lowest BCUT2D eigenvalue weighted by Gasteiger charge is -2.18. The minimum Gasteiger partial charge on any atom is -0.288 e. The van der Waals surface area contributed by atoms with Gasteiger partial charge in [0.05, 0.1) is 12.1 Å². The molecule has 2 heteroatoms. The third-order valence-electron chi connectivity index (χ3n) is 2.34. The van der Waals surface area contributed by atoms with E-state index in [1.54, 1.807) is 0 Å². The topological polar surface area (TPSA) is 27.0 Å². The van der Waals surface area contributed by atoms with Gasteiger partial charge in [0.15, 0.2) is 0 Å². The minimum atomic E-state index is 0.171. The molecule has 0 spiro atoms. The van der Waals surface area contributed by atoms with E-state index >= 15 is 0 Å². The Balaban J connectivity index is 2.32. The first-order valence-electron chi connectivity index (χ1n) is 4.52. The molecule has 1 aliphatic heterocycles. The van der Waals surface area contributed by atoms with E-state index in [1.165, 1.54) is 12.0 Å². The summed E-state index contributed by atoms with van der Waals surface area (Å²) in [7, 11) is 0. The van der Waals surface area contributed by atoms with Crippen molar-refractivity contribution in [3.63, 3.8) is 0 Å². The van der Waals surface area contributed by atoms with Gasteiger partial charge >= 0.3 is 0 Å². The highest BCUT2D eigenvalue weighted by atomic mass is 15.2. The lowest BCUT2D eigenvalue weighted by molar-refractivity contribution is 0.298. The zero-order valence-corrected chi connectivity index (χ0v) is 7.71. The van der Waals surface area contributed by atoms with Crippen molar-refractivity contribution in [1.82, 2.24) is 4.90 Å². The van der Waals surface area contributed by atoms with Crippen molar-refractivity contribution in [3.05, 3.63) is 12.2 Å². The van der Waals surface area contributed by atoms with Crippen molar-refractivity contribution in [2.75, 3.05) is 13.1 Å². The van der Waals surface area contributed by atoms with Crippen LogP contribution in [0.5, 0.6) is 0 Å². The van der Waals surface area contributed by atoms with E-state index in [-0.39, 0.29) is 6.04 Å². The van der Waals surface area contributed by atoms with Crippen LogP contribution in [-0.4, -0.2) is 24.0 Å². The first-order chi connectivity index (χ1) is 5.74. The highest BCUT2D eigenvalue weighted by molar-refractivity contribution is 4.98. The fourth-order valence-electron chi connectivity index (χ4n) is 1.57. The SMILES string of the molecule is C=C(C)CCN1CCCC1C#N. The number of nitrogens with zero attached hydrogens (tertiary/aromatic N) is 2. The molecule has 1 rings (SSSR count). The van der Waals surface area contributed by atoms with Gasteiger partial charge in [-0.25, -0.2) is 0 Å². The number of nitriles is 1. The minimum absolute atomic E-state index is 0.171. The van der Waals surface area contributed by atoms with E-state index in [1.807, 2.05) is 6.92 Å². The fourth-order valence-corrected chi connectivity index (χ4v) is 1.57. The number of hydrogen-bond donors (Lipinski definition) is 0.